The molecule has 1 aromatic rings. The Hall–Kier alpha value is -1.35. The Bertz CT molecular complexity index is 493. The third-order valence-electron chi connectivity index (χ3n) is 5.76. The summed E-state index contributed by atoms with van der Waals surface area (Å²) >= 11 is 0. The van der Waals surface area contributed by atoms with E-state index in [0.717, 1.165) is 6.54 Å². The summed E-state index contributed by atoms with van der Waals surface area (Å²) in [5, 5.41) is 12.6. The van der Waals surface area contributed by atoms with Crippen molar-refractivity contribution in [2.24, 2.45) is 5.41 Å². The van der Waals surface area contributed by atoms with Gasteiger partial charge in [-0.25, -0.2) is 4.79 Å². The molecule has 2 fully saturated rings. The largest absolute Gasteiger partial charge is 0.478 e. The molecule has 1 spiro atoms. The smallest absolute Gasteiger partial charge is 0.335 e. The average Bonchev–Trinajstić information content (AvgIpc) is 2.56. The molecule has 2 saturated carbocycles. The number of nitrogens with one attached hydrogen (secondary N) is 1. The Balaban J connectivity index is 1.46. The molecular weight excluding hydrogens is 274 g/mol. The Labute approximate surface area is 133 Å². The van der Waals surface area contributed by atoms with E-state index < -0.39 is 5.97 Å². The van der Waals surface area contributed by atoms with E-state index in [2.05, 4.69) is 5.32 Å². The summed E-state index contributed by atoms with van der Waals surface area (Å²) in [7, 11) is 0. The van der Waals surface area contributed by atoms with E-state index in [-0.39, 0.29) is 0 Å². The number of hydrogen-bond acceptors (Lipinski definition) is 2. The fourth-order valence-corrected chi connectivity index (χ4v) is 4.26. The molecular formula is C19H27NO2. The van der Waals surface area contributed by atoms with Gasteiger partial charge in [0.05, 0.1) is 5.56 Å². The molecule has 0 heterocycles. The quantitative estimate of drug-likeness (QED) is 0.868. The molecule has 0 saturated heterocycles. The summed E-state index contributed by atoms with van der Waals surface area (Å²) in [6, 6.07) is 7.85. The minimum atomic E-state index is -0.857. The highest BCUT2D eigenvalue weighted by atomic mass is 16.4. The molecule has 0 amide bonds. The van der Waals surface area contributed by atoms with Gasteiger partial charge >= 0.3 is 5.97 Å². The third-order valence-corrected chi connectivity index (χ3v) is 5.76. The summed E-state index contributed by atoms with van der Waals surface area (Å²) in [6.07, 6.45) is 12.6. The number of carboxylic acid groups (broad SMARTS) is 1. The van der Waals surface area contributed by atoms with E-state index in [1.165, 1.54) is 63.4 Å². The van der Waals surface area contributed by atoms with E-state index in [1.807, 2.05) is 12.1 Å². The van der Waals surface area contributed by atoms with Crippen molar-refractivity contribution < 1.29 is 9.90 Å². The number of aromatic carboxylic acids is 1. The summed E-state index contributed by atoms with van der Waals surface area (Å²) in [5.41, 5.74) is 2.21. The first kappa shape index (κ1) is 15.5. The van der Waals surface area contributed by atoms with Crippen molar-refractivity contribution in [1.82, 2.24) is 5.32 Å². The first-order valence-electron chi connectivity index (χ1n) is 8.73. The van der Waals surface area contributed by atoms with Crippen molar-refractivity contribution in [3.63, 3.8) is 0 Å². The minimum absolute atomic E-state index is 0.362. The highest BCUT2D eigenvalue weighted by molar-refractivity contribution is 5.87. The second-order valence-electron chi connectivity index (χ2n) is 7.22. The van der Waals surface area contributed by atoms with Crippen LogP contribution in [-0.2, 0) is 6.54 Å². The van der Waals surface area contributed by atoms with E-state index in [4.69, 9.17) is 5.11 Å². The highest BCUT2D eigenvalue weighted by Crippen LogP contribution is 2.47. The molecule has 0 aliphatic heterocycles. The number of hydrogen-bond donors (Lipinski definition) is 2. The van der Waals surface area contributed by atoms with Gasteiger partial charge in [0.25, 0.3) is 0 Å². The lowest BCUT2D eigenvalue weighted by atomic mass is 9.64. The standard InChI is InChI=1S/C19H27NO2/c21-18(22)16-6-4-15(5-7-16)14-20-17-8-12-19(13-9-17)10-2-1-3-11-19/h4-7,17,20H,1-3,8-14H2,(H,21,22). The van der Waals surface area contributed by atoms with Gasteiger partial charge < -0.3 is 10.4 Å². The molecule has 3 heteroatoms. The topological polar surface area (TPSA) is 49.3 Å². The number of rotatable bonds is 4. The van der Waals surface area contributed by atoms with Crippen LogP contribution in [0.15, 0.2) is 24.3 Å². The van der Waals surface area contributed by atoms with Crippen molar-refractivity contribution >= 4 is 5.97 Å². The van der Waals surface area contributed by atoms with Crippen molar-refractivity contribution in [2.75, 3.05) is 0 Å². The van der Waals surface area contributed by atoms with Gasteiger partial charge in [-0.05, 0) is 61.6 Å². The lowest BCUT2D eigenvalue weighted by Gasteiger charge is -2.43. The molecule has 0 bridgehead atoms. The zero-order chi connectivity index (χ0) is 15.4. The predicted molar refractivity (Wildman–Crippen MR) is 88.0 cm³/mol. The van der Waals surface area contributed by atoms with Gasteiger partial charge in [-0.15, -0.1) is 0 Å². The second-order valence-corrected chi connectivity index (χ2v) is 7.22. The highest BCUT2D eigenvalue weighted by Gasteiger charge is 2.35. The fourth-order valence-electron chi connectivity index (χ4n) is 4.26. The van der Waals surface area contributed by atoms with Gasteiger partial charge in [-0.1, -0.05) is 31.4 Å². The van der Waals surface area contributed by atoms with Crippen LogP contribution in [0.3, 0.4) is 0 Å². The number of carboxylic acids is 1. The summed E-state index contributed by atoms with van der Waals surface area (Å²) in [6.45, 7) is 0.845. The molecule has 2 aliphatic carbocycles. The first-order chi connectivity index (χ1) is 10.7. The molecule has 0 aromatic heterocycles. The van der Waals surface area contributed by atoms with Crippen molar-refractivity contribution in [2.45, 2.75) is 70.4 Å². The zero-order valence-electron chi connectivity index (χ0n) is 13.3. The second kappa shape index (κ2) is 6.82. The molecule has 0 unspecified atom stereocenters. The van der Waals surface area contributed by atoms with Gasteiger partial charge in [-0.3, -0.25) is 0 Å². The van der Waals surface area contributed by atoms with Crippen LogP contribution in [0.1, 0.15) is 73.7 Å². The van der Waals surface area contributed by atoms with E-state index >= 15 is 0 Å². The maximum Gasteiger partial charge on any atom is 0.335 e. The SMILES string of the molecule is O=C(O)c1ccc(CNC2CCC3(CCCCC3)CC2)cc1. The third kappa shape index (κ3) is 3.70. The van der Waals surface area contributed by atoms with Gasteiger partial charge in [0.1, 0.15) is 0 Å². The Morgan fingerprint density at radius 2 is 1.68 bits per heavy atom. The summed E-state index contributed by atoms with van der Waals surface area (Å²) in [4.78, 5) is 10.8. The number of carbonyl (C=O) groups is 1. The Kier molecular flexibility index (Phi) is 4.82. The van der Waals surface area contributed by atoms with Gasteiger partial charge in [-0.2, -0.15) is 0 Å². The van der Waals surface area contributed by atoms with E-state index in [1.54, 1.807) is 12.1 Å². The summed E-state index contributed by atoms with van der Waals surface area (Å²) < 4.78 is 0. The summed E-state index contributed by atoms with van der Waals surface area (Å²) in [5.74, 6) is -0.857. The Morgan fingerprint density at radius 3 is 2.27 bits per heavy atom. The van der Waals surface area contributed by atoms with Gasteiger partial charge in [0.15, 0.2) is 0 Å². The maximum absolute atomic E-state index is 10.8. The van der Waals surface area contributed by atoms with Crippen LogP contribution in [0, 0.1) is 5.41 Å². The minimum Gasteiger partial charge on any atom is -0.478 e. The van der Waals surface area contributed by atoms with Crippen LogP contribution in [0.25, 0.3) is 0 Å². The molecule has 0 atom stereocenters. The number of benzene rings is 1. The molecule has 0 radical (unpaired) electrons. The average molecular weight is 301 g/mol. The molecule has 2 aliphatic rings. The van der Waals surface area contributed by atoms with Gasteiger partial charge in [0, 0.05) is 12.6 Å². The Morgan fingerprint density at radius 1 is 1.05 bits per heavy atom. The van der Waals surface area contributed by atoms with Crippen LogP contribution >= 0.6 is 0 Å². The van der Waals surface area contributed by atoms with E-state index in [0.29, 0.717) is 17.0 Å². The molecule has 2 N–H and O–H groups in total. The monoisotopic (exact) mass is 301 g/mol. The van der Waals surface area contributed by atoms with Crippen LogP contribution < -0.4 is 5.32 Å². The van der Waals surface area contributed by atoms with Crippen molar-refractivity contribution in [3.05, 3.63) is 35.4 Å². The van der Waals surface area contributed by atoms with Crippen LogP contribution in [0.4, 0.5) is 0 Å². The molecule has 22 heavy (non-hydrogen) atoms. The van der Waals surface area contributed by atoms with Crippen LogP contribution in [0.5, 0.6) is 0 Å². The van der Waals surface area contributed by atoms with E-state index in [9.17, 15) is 4.79 Å². The lowest BCUT2D eigenvalue weighted by Crippen LogP contribution is -2.38. The van der Waals surface area contributed by atoms with Crippen molar-refractivity contribution in [1.29, 1.82) is 0 Å². The lowest BCUT2D eigenvalue weighted by molar-refractivity contribution is 0.0697. The molecule has 3 nitrogen and oxygen atoms in total. The fraction of sp³-hybridized carbons (Fsp3) is 0.632. The van der Waals surface area contributed by atoms with Crippen LogP contribution in [0.2, 0.25) is 0 Å². The van der Waals surface area contributed by atoms with Crippen LogP contribution in [-0.4, -0.2) is 17.1 Å². The molecule has 1 aromatic carbocycles. The molecule has 120 valence electrons. The first-order valence-corrected chi connectivity index (χ1v) is 8.73. The maximum atomic E-state index is 10.8. The predicted octanol–water partition coefficient (Wildman–Crippen LogP) is 4.37. The zero-order valence-corrected chi connectivity index (χ0v) is 13.3. The molecule has 3 rings (SSSR count). The normalized spacial score (nSPS) is 21.8. The van der Waals surface area contributed by atoms with Crippen molar-refractivity contribution in [3.8, 4) is 0 Å². The van der Waals surface area contributed by atoms with Gasteiger partial charge in [0.2, 0.25) is 0 Å².